The molecule has 0 bridgehead atoms. The fourth-order valence-electron chi connectivity index (χ4n) is 5.06. The first kappa shape index (κ1) is 23.8. The minimum atomic E-state index is -0.470. The molecule has 7 heteroatoms. The van der Waals surface area contributed by atoms with Crippen molar-refractivity contribution in [2.45, 2.75) is 39.2 Å². The Morgan fingerprint density at radius 2 is 1.62 bits per heavy atom. The van der Waals surface area contributed by atoms with E-state index in [1.54, 1.807) is 12.0 Å². The van der Waals surface area contributed by atoms with E-state index in [-0.39, 0.29) is 17.7 Å². The first-order valence-corrected chi connectivity index (χ1v) is 12.0. The second-order valence-corrected chi connectivity index (χ2v) is 8.99. The van der Waals surface area contributed by atoms with Crippen LogP contribution in [-0.4, -0.2) is 60.8 Å². The number of benzene rings is 2. The lowest BCUT2D eigenvalue weighted by atomic mass is 9.82. The molecule has 2 aromatic rings. The highest BCUT2D eigenvalue weighted by Crippen LogP contribution is 2.43. The van der Waals surface area contributed by atoms with Gasteiger partial charge in [0.05, 0.1) is 19.1 Å². The molecule has 2 aromatic carbocycles. The van der Waals surface area contributed by atoms with Gasteiger partial charge in [0, 0.05) is 50.3 Å². The summed E-state index contributed by atoms with van der Waals surface area (Å²) in [4.78, 5) is 44.7. The van der Waals surface area contributed by atoms with Crippen LogP contribution in [0.5, 0.6) is 5.75 Å². The molecule has 0 N–H and O–H groups in total. The van der Waals surface area contributed by atoms with Gasteiger partial charge in [-0.15, -0.1) is 0 Å². The van der Waals surface area contributed by atoms with E-state index in [1.807, 2.05) is 72.2 Å². The molecule has 2 heterocycles. The average Bonchev–Trinajstić information content (AvgIpc) is 2.88. The molecule has 2 atom stereocenters. The molecule has 2 unspecified atom stereocenters. The highest BCUT2D eigenvalue weighted by atomic mass is 16.5. The van der Waals surface area contributed by atoms with E-state index in [0.29, 0.717) is 51.2 Å². The fourth-order valence-corrected chi connectivity index (χ4v) is 5.06. The smallest absolute Gasteiger partial charge is 0.228 e. The molecule has 34 heavy (non-hydrogen) atoms. The number of nitrogens with zero attached hydrogens (tertiary/aromatic N) is 3. The number of carbonyl (C=O) groups is 3. The van der Waals surface area contributed by atoms with Crippen molar-refractivity contribution in [1.29, 1.82) is 0 Å². The Morgan fingerprint density at radius 1 is 0.971 bits per heavy atom. The highest BCUT2D eigenvalue weighted by Gasteiger charge is 2.44. The van der Waals surface area contributed by atoms with Crippen LogP contribution in [0.2, 0.25) is 0 Å². The topological polar surface area (TPSA) is 70.2 Å². The Morgan fingerprint density at radius 3 is 2.26 bits per heavy atom. The third-order valence-electron chi connectivity index (χ3n) is 6.93. The summed E-state index contributed by atoms with van der Waals surface area (Å²) in [7, 11) is 1.61. The van der Waals surface area contributed by atoms with Gasteiger partial charge in [-0.3, -0.25) is 14.4 Å². The van der Waals surface area contributed by atoms with Crippen LogP contribution in [-0.2, 0) is 14.4 Å². The molecule has 2 aliphatic rings. The van der Waals surface area contributed by atoms with Gasteiger partial charge in [0.25, 0.3) is 0 Å². The Labute approximate surface area is 201 Å². The third kappa shape index (κ3) is 4.65. The summed E-state index contributed by atoms with van der Waals surface area (Å²) in [5.41, 5.74) is 2.72. The molecule has 2 saturated heterocycles. The van der Waals surface area contributed by atoms with Crippen molar-refractivity contribution < 1.29 is 19.1 Å². The molecule has 0 radical (unpaired) electrons. The van der Waals surface area contributed by atoms with Crippen LogP contribution in [0.25, 0.3) is 0 Å². The van der Waals surface area contributed by atoms with E-state index in [4.69, 9.17) is 4.74 Å². The van der Waals surface area contributed by atoms with Crippen molar-refractivity contribution in [1.82, 2.24) is 9.80 Å². The van der Waals surface area contributed by atoms with Gasteiger partial charge < -0.3 is 19.4 Å². The number of piperazine rings is 1. The molecule has 180 valence electrons. The number of para-hydroxylation sites is 1. The van der Waals surface area contributed by atoms with Crippen molar-refractivity contribution in [3.8, 4) is 5.75 Å². The molecule has 2 aliphatic heterocycles. The van der Waals surface area contributed by atoms with Crippen molar-refractivity contribution in [2.75, 3.05) is 38.2 Å². The van der Waals surface area contributed by atoms with Gasteiger partial charge in [-0.05, 0) is 31.5 Å². The summed E-state index contributed by atoms with van der Waals surface area (Å²) < 4.78 is 5.66. The SMILES string of the molecule is CCC(=O)N1CCN(C(=O)C2CCC(=O)N(c3ccc(C)cc3)C2c2ccccc2OC)CC1. The average molecular weight is 464 g/mol. The summed E-state index contributed by atoms with van der Waals surface area (Å²) in [5, 5.41) is 0. The zero-order valence-electron chi connectivity index (χ0n) is 20.2. The van der Waals surface area contributed by atoms with Crippen molar-refractivity contribution >= 4 is 23.4 Å². The molecular formula is C27H33N3O4. The summed E-state index contributed by atoms with van der Waals surface area (Å²) in [6, 6.07) is 15.0. The molecule has 7 nitrogen and oxygen atoms in total. The summed E-state index contributed by atoms with van der Waals surface area (Å²) in [5.74, 6) is 0.415. The molecule has 0 spiro atoms. The Bertz CT molecular complexity index is 1040. The fraction of sp³-hybridized carbons (Fsp3) is 0.444. The van der Waals surface area contributed by atoms with Gasteiger partial charge in [0.1, 0.15) is 5.75 Å². The van der Waals surface area contributed by atoms with Crippen LogP contribution in [0, 0.1) is 12.8 Å². The largest absolute Gasteiger partial charge is 0.496 e. The molecule has 3 amide bonds. The van der Waals surface area contributed by atoms with Crippen molar-refractivity contribution in [3.05, 3.63) is 59.7 Å². The lowest BCUT2D eigenvalue weighted by Crippen LogP contribution is -2.55. The number of aryl methyl sites for hydroxylation is 1. The number of hydrogen-bond donors (Lipinski definition) is 0. The number of carbonyl (C=O) groups excluding carboxylic acids is 3. The van der Waals surface area contributed by atoms with Crippen LogP contribution in [0.3, 0.4) is 0 Å². The minimum absolute atomic E-state index is 0.00201. The maximum absolute atomic E-state index is 13.9. The summed E-state index contributed by atoms with van der Waals surface area (Å²) in [6.45, 7) is 5.98. The summed E-state index contributed by atoms with van der Waals surface area (Å²) >= 11 is 0. The van der Waals surface area contributed by atoms with Crippen LogP contribution < -0.4 is 9.64 Å². The molecule has 0 aromatic heterocycles. The number of methoxy groups -OCH3 is 1. The summed E-state index contributed by atoms with van der Waals surface area (Å²) in [6.07, 6.45) is 1.27. The molecule has 4 rings (SSSR count). The third-order valence-corrected chi connectivity index (χ3v) is 6.93. The first-order chi connectivity index (χ1) is 16.4. The number of rotatable bonds is 5. The standard InChI is InChI=1S/C27H33N3O4/c1-4-24(31)28-15-17-29(18-16-28)27(33)22-13-14-25(32)30(20-11-9-19(2)10-12-20)26(22)21-7-5-6-8-23(21)34-3/h5-12,22,26H,4,13-18H2,1-3H3. The monoisotopic (exact) mass is 463 g/mol. The van der Waals surface area contributed by atoms with Gasteiger partial charge in [-0.25, -0.2) is 0 Å². The number of anilines is 1. The van der Waals surface area contributed by atoms with Gasteiger partial charge >= 0.3 is 0 Å². The predicted octanol–water partition coefficient (Wildman–Crippen LogP) is 3.57. The minimum Gasteiger partial charge on any atom is -0.496 e. The van der Waals surface area contributed by atoms with E-state index in [9.17, 15) is 14.4 Å². The first-order valence-electron chi connectivity index (χ1n) is 12.0. The number of hydrogen-bond acceptors (Lipinski definition) is 4. The number of ether oxygens (including phenoxy) is 1. The Kier molecular flexibility index (Phi) is 7.20. The van der Waals surface area contributed by atoms with Crippen LogP contribution in [0.4, 0.5) is 5.69 Å². The molecule has 0 saturated carbocycles. The highest BCUT2D eigenvalue weighted by molar-refractivity contribution is 5.97. The van der Waals surface area contributed by atoms with Gasteiger partial charge in [0.2, 0.25) is 17.7 Å². The molecule has 0 aliphatic carbocycles. The van der Waals surface area contributed by atoms with Gasteiger partial charge in [-0.2, -0.15) is 0 Å². The predicted molar refractivity (Wildman–Crippen MR) is 131 cm³/mol. The van der Waals surface area contributed by atoms with E-state index in [0.717, 1.165) is 16.8 Å². The zero-order chi connectivity index (χ0) is 24.2. The quantitative estimate of drug-likeness (QED) is 0.680. The van der Waals surface area contributed by atoms with E-state index < -0.39 is 12.0 Å². The van der Waals surface area contributed by atoms with E-state index >= 15 is 0 Å². The van der Waals surface area contributed by atoms with Crippen LogP contribution >= 0.6 is 0 Å². The number of amides is 3. The van der Waals surface area contributed by atoms with Crippen molar-refractivity contribution in [3.63, 3.8) is 0 Å². The maximum Gasteiger partial charge on any atom is 0.228 e. The van der Waals surface area contributed by atoms with Gasteiger partial charge in [0.15, 0.2) is 0 Å². The lowest BCUT2D eigenvalue weighted by Gasteiger charge is -2.44. The van der Waals surface area contributed by atoms with E-state index in [2.05, 4.69) is 0 Å². The molecular weight excluding hydrogens is 430 g/mol. The maximum atomic E-state index is 13.9. The molecule has 2 fully saturated rings. The zero-order valence-corrected chi connectivity index (χ0v) is 20.2. The van der Waals surface area contributed by atoms with E-state index in [1.165, 1.54) is 0 Å². The Balaban J connectivity index is 1.69. The number of piperidine rings is 1. The Hall–Kier alpha value is -3.35. The normalized spacial score (nSPS) is 20.9. The second kappa shape index (κ2) is 10.3. The second-order valence-electron chi connectivity index (χ2n) is 8.99. The van der Waals surface area contributed by atoms with Gasteiger partial charge in [-0.1, -0.05) is 42.8 Å². The van der Waals surface area contributed by atoms with Crippen molar-refractivity contribution in [2.24, 2.45) is 5.92 Å². The van der Waals surface area contributed by atoms with Crippen LogP contribution in [0.1, 0.15) is 43.4 Å². The lowest BCUT2D eigenvalue weighted by molar-refractivity contribution is -0.144. The van der Waals surface area contributed by atoms with Crippen LogP contribution in [0.15, 0.2) is 48.5 Å².